The average molecular weight is 452 g/mol. The SMILES string of the molecule is CCOc1ccc(/C=C/C(=O)NC(=S)Nc2cccc(C(=O)NC3CCCCC3)c2)cc1. The van der Waals surface area contributed by atoms with E-state index in [4.69, 9.17) is 17.0 Å². The molecular formula is C25H29N3O3S. The Hall–Kier alpha value is -3.19. The molecule has 0 aromatic heterocycles. The first-order chi connectivity index (χ1) is 15.5. The summed E-state index contributed by atoms with van der Waals surface area (Å²) in [6.07, 6.45) is 8.74. The summed E-state index contributed by atoms with van der Waals surface area (Å²) >= 11 is 5.24. The van der Waals surface area contributed by atoms with Crippen LogP contribution in [-0.2, 0) is 4.79 Å². The molecule has 0 unspecified atom stereocenters. The molecule has 0 bridgehead atoms. The predicted octanol–water partition coefficient (Wildman–Crippen LogP) is 4.67. The number of anilines is 1. The van der Waals surface area contributed by atoms with Gasteiger partial charge in [0.1, 0.15) is 5.75 Å². The monoisotopic (exact) mass is 451 g/mol. The fourth-order valence-electron chi connectivity index (χ4n) is 3.58. The van der Waals surface area contributed by atoms with Crippen molar-refractivity contribution in [2.24, 2.45) is 0 Å². The number of carbonyl (C=O) groups excluding carboxylic acids is 2. The Balaban J connectivity index is 1.50. The molecule has 0 radical (unpaired) electrons. The molecular weight excluding hydrogens is 422 g/mol. The molecule has 0 saturated heterocycles. The summed E-state index contributed by atoms with van der Waals surface area (Å²) in [5, 5.41) is 8.84. The molecule has 2 amide bonds. The molecule has 168 valence electrons. The summed E-state index contributed by atoms with van der Waals surface area (Å²) in [6, 6.07) is 14.8. The topological polar surface area (TPSA) is 79.5 Å². The molecule has 1 saturated carbocycles. The zero-order valence-corrected chi connectivity index (χ0v) is 19.0. The summed E-state index contributed by atoms with van der Waals surface area (Å²) < 4.78 is 5.40. The van der Waals surface area contributed by atoms with Crippen molar-refractivity contribution in [1.29, 1.82) is 0 Å². The lowest BCUT2D eigenvalue weighted by atomic mass is 9.95. The van der Waals surface area contributed by atoms with E-state index in [9.17, 15) is 9.59 Å². The Morgan fingerprint density at radius 2 is 1.84 bits per heavy atom. The van der Waals surface area contributed by atoms with Crippen LogP contribution in [0.25, 0.3) is 6.08 Å². The highest BCUT2D eigenvalue weighted by Gasteiger charge is 2.16. The average Bonchev–Trinajstić information content (AvgIpc) is 2.79. The molecule has 1 fully saturated rings. The van der Waals surface area contributed by atoms with Crippen LogP contribution in [-0.4, -0.2) is 29.6 Å². The molecule has 3 rings (SSSR count). The van der Waals surface area contributed by atoms with E-state index in [1.807, 2.05) is 31.2 Å². The van der Waals surface area contributed by atoms with Crippen LogP contribution in [0.15, 0.2) is 54.6 Å². The zero-order valence-electron chi connectivity index (χ0n) is 18.2. The molecule has 0 spiro atoms. The molecule has 0 heterocycles. The second-order valence-corrected chi connectivity index (χ2v) is 8.08. The largest absolute Gasteiger partial charge is 0.494 e. The van der Waals surface area contributed by atoms with E-state index in [1.54, 1.807) is 30.3 Å². The van der Waals surface area contributed by atoms with E-state index in [0.717, 1.165) is 37.0 Å². The van der Waals surface area contributed by atoms with E-state index >= 15 is 0 Å². The minimum Gasteiger partial charge on any atom is -0.494 e. The maximum Gasteiger partial charge on any atom is 0.251 e. The van der Waals surface area contributed by atoms with E-state index < -0.39 is 0 Å². The van der Waals surface area contributed by atoms with Gasteiger partial charge >= 0.3 is 0 Å². The summed E-state index contributed by atoms with van der Waals surface area (Å²) in [4.78, 5) is 24.7. The molecule has 6 nitrogen and oxygen atoms in total. The molecule has 0 aliphatic heterocycles. The first kappa shape index (κ1) is 23.5. The highest BCUT2D eigenvalue weighted by atomic mass is 32.1. The van der Waals surface area contributed by atoms with Crippen LogP contribution >= 0.6 is 12.2 Å². The van der Waals surface area contributed by atoms with Crippen molar-refractivity contribution in [1.82, 2.24) is 10.6 Å². The van der Waals surface area contributed by atoms with Crippen LogP contribution in [0.3, 0.4) is 0 Å². The minimum atomic E-state index is -0.345. The van der Waals surface area contributed by atoms with Gasteiger partial charge in [-0.25, -0.2) is 0 Å². The van der Waals surface area contributed by atoms with Crippen molar-refractivity contribution in [3.63, 3.8) is 0 Å². The minimum absolute atomic E-state index is 0.0891. The Labute approximate surface area is 194 Å². The van der Waals surface area contributed by atoms with Gasteiger partial charge in [-0.2, -0.15) is 0 Å². The fraction of sp³-hybridized carbons (Fsp3) is 0.320. The number of hydrogen-bond acceptors (Lipinski definition) is 4. The van der Waals surface area contributed by atoms with Crippen LogP contribution in [0.5, 0.6) is 5.75 Å². The van der Waals surface area contributed by atoms with Gasteiger partial charge in [-0.05, 0) is 74.0 Å². The van der Waals surface area contributed by atoms with E-state index in [-0.39, 0.29) is 23.0 Å². The van der Waals surface area contributed by atoms with E-state index in [2.05, 4.69) is 16.0 Å². The van der Waals surface area contributed by atoms with Gasteiger partial charge < -0.3 is 15.4 Å². The Morgan fingerprint density at radius 3 is 2.56 bits per heavy atom. The summed E-state index contributed by atoms with van der Waals surface area (Å²) in [5.74, 6) is 0.352. The molecule has 2 aromatic rings. The standard InChI is InChI=1S/C25H29N3O3S/c1-2-31-22-14-11-18(12-15-22)13-16-23(29)28-25(32)27-21-10-6-7-19(17-21)24(30)26-20-8-4-3-5-9-20/h6-7,10-17,20H,2-5,8-9H2,1H3,(H,26,30)(H2,27,28,29,32)/b16-13+. The summed E-state index contributed by atoms with van der Waals surface area (Å²) in [7, 11) is 0. The lowest BCUT2D eigenvalue weighted by Gasteiger charge is -2.22. The number of ether oxygens (including phenoxy) is 1. The maximum absolute atomic E-state index is 12.5. The Bertz CT molecular complexity index is 967. The smallest absolute Gasteiger partial charge is 0.251 e. The lowest BCUT2D eigenvalue weighted by Crippen LogP contribution is -2.36. The Morgan fingerprint density at radius 1 is 1.09 bits per heavy atom. The second kappa shape index (κ2) is 12.0. The molecule has 0 atom stereocenters. The number of rotatable bonds is 7. The number of hydrogen-bond donors (Lipinski definition) is 3. The Kier molecular flexibility index (Phi) is 8.80. The van der Waals surface area contributed by atoms with E-state index in [0.29, 0.717) is 17.9 Å². The van der Waals surface area contributed by atoms with Crippen molar-refractivity contribution in [3.8, 4) is 5.75 Å². The van der Waals surface area contributed by atoms with Gasteiger partial charge in [-0.1, -0.05) is 37.5 Å². The van der Waals surface area contributed by atoms with Gasteiger partial charge in [0.25, 0.3) is 5.91 Å². The first-order valence-corrected chi connectivity index (χ1v) is 11.4. The molecule has 3 N–H and O–H groups in total. The molecule has 1 aliphatic carbocycles. The van der Waals surface area contributed by atoms with Gasteiger partial charge in [0, 0.05) is 23.4 Å². The third-order valence-electron chi connectivity index (χ3n) is 5.18. The first-order valence-electron chi connectivity index (χ1n) is 11.0. The van der Waals surface area contributed by atoms with Gasteiger partial charge in [-0.3, -0.25) is 14.9 Å². The van der Waals surface area contributed by atoms with E-state index in [1.165, 1.54) is 12.5 Å². The molecule has 2 aromatic carbocycles. The van der Waals surface area contributed by atoms with Crippen LogP contribution in [0.4, 0.5) is 5.69 Å². The van der Waals surface area contributed by atoms with Crippen LogP contribution < -0.4 is 20.7 Å². The number of benzene rings is 2. The fourth-order valence-corrected chi connectivity index (χ4v) is 3.80. The quantitative estimate of drug-likeness (QED) is 0.421. The number of amides is 2. The van der Waals surface area contributed by atoms with Crippen LogP contribution in [0.2, 0.25) is 0 Å². The lowest BCUT2D eigenvalue weighted by molar-refractivity contribution is -0.115. The van der Waals surface area contributed by atoms with Crippen LogP contribution in [0.1, 0.15) is 54.9 Å². The van der Waals surface area contributed by atoms with Gasteiger partial charge in [0.15, 0.2) is 5.11 Å². The van der Waals surface area contributed by atoms with Crippen molar-refractivity contribution < 1.29 is 14.3 Å². The van der Waals surface area contributed by atoms with Gasteiger partial charge in [-0.15, -0.1) is 0 Å². The van der Waals surface area contributed by atoms with Gasteiger partial charge in [0.05, 0.1) is 6.61 Å². The normalized spacial score (nSPS) is 14.0. The maximum atomic E-state index is 12.5. The molecule has 7 heteroatoms. The number of nitrogens with one attached hydrogen (secondary N) is 3. The predicted molar refractivity (Wildman–Crippen MR) is 132 cm³/mol. The third kappa shape index (κ3) is 7.50. The number of thiocarbonyl (C=S) groups is 1. The van der Waals surface area contributed by atoms with Gasteiger partial charge in [0.2, 0.25) is 5.91 Å². The van der Waals surface area contributed by atoms with Crippen molar-refractivity contribution in [2.45, 2.75) is 45.1 Å². The number of carbonyl (C=O) groups is 2. The summed E-state index contributed by atoms with van der Waals surface area (Å²) in [6.45, 7) is 2.54. The van der Waals surface area contributed by atoms with Crippen molar-refractivity contribution in [2.75, 3.05) is 11.9 Å². The molecule has 32 heavy (non-hydrogen) atoms. The highest BCUT2D eigenvalue weighted by molar-refractivity contribution is 7.80. The third-order valence-corrected chi connectivity index (χ3v) is 5.38. The molecule has 1 aliphatic rings. The van der Waals surface area contributed by atoms with Crippen molar-refractivity contribution in [3.05, 3.63) is 65.7 Å². The summed E-state index contributed by atoms with van der Waals surface area (Å²) in [5.41, 5.74) is 2.08. The van der Waals surface area contributed by atoms with Crippen molar-refractivity contribution >= 4 is 40.9 Å². The second-order valence-electron chi connectivity index (χ2n) is 7.67. The van der Waals surface area contributed by atoms with Crippen LogP contribution in [0, 0.1) is 0 Å². The zero-order chi connectivity index (χ0) is 22.8. The highest BCUT2D eigenvalue weighted by Crippen LogP contribution is 2.18.